The molecule has 0 unspecified atom stereocenters. The highest BCUT2D eigenvalue weighted by Crippen LogP contribution is 2.15. The van der Waals surface area contributed by atoms with Crippen LogP contribution in [0.25, 0.3) is 6.08 Å². The van der Waals surface area contributed by atoms with E-state index in [9.17, 15) is 4.79 Å². The zero-order valence-electron chi connectivity index (χ0n) is 10.0. The highest BCUT2D eigenvalue weighted by Gasteiger charge is 1.99. The molecule has 90 valence electrons. The molecule has 1 heterocycles. The molecule has 0 radical (unpaired) electrons. The number of ketones is 1. The van der Waals surface area contributed by atoms with E-state index < -0.39 is 0 Å². The van der Waals surface area contributed by atoms with Crippen LogP contribution in [-0.2, 0) is 0 Å². The third-order valence-electron chi connectivity index (χ3n) is 2.49. The standard InChI is InChI=1S/C15H13NOS/c1-18-14-7-4-12(5-8-14)6-9-15(17)13-3-2-10-16-11-13/h2-11H,1H3/b9-6+. The summed E-state index contributed by atoms with van der Waals surface area (Å²) in [6.45, 7) is 0. The van der Waals surface area contributed by atoms with Crippen LogP contribution in [0.5, 0.6) is 0 Å². The first kappa shape index (κ1) is 12.6. The largest absolute Gasteiger partial charge is 0.289 e. The SMILES string of the molecule is CSc1ccc(/C=C/C(=O)c2cccnc2)cc1. The summed E-state index contributed by atoms with van der Waals surface area (Å²) >= 11 is 1.70. The molecule has 0 aliphatic heterocycles. The fourth-order valence-corrected chi connectivity index (χ4v) is 1.90. The van der Waals surface area contributed by atoms with Crippen molar-refractivity contribution in [2.45, 2.75) is 4.90 Å². The Hall–Kier alpha value is -1.87. The lowest BCUT2D eigenvalue weighted by molar-refractivity contribution is 0.104. The second-order valence-electron chi connectivity index (χ2n) is 3.71. The van der Waals surface area contributed by atoms with Gasteiger partial charge in [-0.15, -0.1) is 11.8 Å². The predicted octanol–water partition coefficient (Wildman–Crippen LogP) is 3.70. The quantitative estimate of drug-likeness (QED) is 0.474. The summed E-state index contributed by atoms with van der Waals surface area (Å²) in [5.41, 5.74) is 1.62. The molecule has 1 aromatic heterocycles. The van der Waals surface area contributed by atoms with Crippen molar-refractivity contribution in [1.29, 1.82) is 0 Å². The van der Waals surface area contributed by atoms with Crippen molar-refractivity contribution >= 4 is 23.6 Å². The molecule has 2 nitrogen and oxygen atoms in total. The second-order valence-corrected chi connectivity index (χ2v) is 4.59. The molecule has 18 heavy (non-hydrogen) atoms. The average Bonchev–Trinajstić information content (AvgIpc) is 2.46. The number of pyridine rings is 1. The van der Waals surface area contributed by atoms with Crippen molar-refractivity contribution in [3.63, 3.8) is 0 Å². The molecule has 0 fully saturated rings. The summed E-state index contributed by atoms with van der Waals surface area (Å²) in [4.78, 5) is 16.9. The Morgan fingerprint density at radius 1 is 1.22 bits per heavy atom. The number of carbonyl (C=O) groups excluding carboxylic acids is 1. The van der Waals surface area contributed by atoms with Crippen LogP contribution in [0.15, 0.2) is 59.8 Å². The Kier molecular flexibility index (Phi) is 4.31. The van der Waals surface area contributed by atoms with E-state index in [1.807, 2.05) is 36.6 Å². The van der Waals surface area contributed by atoms with Gasteiger partial charge in [0.25, 0.3) is 0 Å². The molecule has 3 heteroatoms. The Morgan fingerprint density at radius 3 is 2.61 bits per heavy atom. The summed E-state index contributed by atoms with van der Waals surface area (Å²) in [5, 5.41) is 0. The Morgan fingerprint density at radius 2 is 2.00 bits per heavy atom. The molecular formula is C15H13NOS. The van der Waals surface area contributed by atoms with Gasteiger partial charge in [-0.3, -0.25) is 9.78 Å². The van der Waals surface area contributed by atoms with E-state index in [2.05, 4.69) is 4.98 Å². The smallest absolute Gasteiger partial charge is 0.187 e. The summed E-state index contributed by atoms with van der Waals surface area (Å²) in [5.74, 6) is -0.0305. The van der Waals surface area contributed by atoms with Gasteiger partial charge in [0.05, 0.1) is 0 Å². The van der Waals surface area contributed by atoms with Crippen molar-refractivity contribution in [3.8, 4) is 0 Å². The highest BCUT2D eigenvalue weighted by molar-refractivity contribution is 7.98. The summed E-state index contributed by atoms with van der Waals surface area (Å²) in [6.07, 6.45) is 8.66. The topological polar surface area (TPSA) is 30.0 Å². The molecule has 0 amide bonds. The van der Waals surface area contributed by atoms with E-state index in [4.69, 9.17) is 0 Å². The first-order valence-corrected chi connectivity index (χ1v) is 6.78. The minimum absolute atomic E-state index is 0.0305. The van der Waals surface area contributed by atoms with Crippen molar-refractivity contribution < 1.29 is 4.79 Å². The fraction of sp³-hybridized carbons (Fsp3) is 0.0667. The van der Waals surface area contributed by atoms with Gasteiger partial charge in [-0.25, -0.2) is 0 Å². The van der Waals surface area contributed by atoms with Crippen LogP contribution < -0.4 is 0 Å². The van der Waals surface area contributed by atoms with Crippen molar-refractivity contribution in [3.05, 3.63) is 66.0 Å². The molecule has 0 saturated carbocycles. The van der Waals surface area contributed by atoms with Crippen molar-refractivity contribution in [2.75, 3.05) is 6.26 Å². The van der Waals surface area contributed by atoms with Gasteiger partial charge in [0.15, 0.2) is 5.78 Å². The van der Waals surface area contributed by atoms with Crippen molar-refractivity contribution in [1.82, 2.24) is 4.98 Å². The lowest BCUT2D eigenvalue weighted by atomic mass is 10.1. The molecule has 2 aromatic rings. The second kappa shape index (κ2) is 6.17. The zero-order chi connectivity index (χ0) is 12.8. The number of carbonyl (C=O) groups is 1. The third kappa shape index (κ3) is 3.31. The van der Waals surface area contributed by atoms with Gasteiger partial charge < -0.3 is 0 Å². The number of rotatable bonds is 4. The average molecular weight is 255 g/mol. The summed E-state index contributed by atoms with van der Waals surface area (Å²) in [7, 11) is 0. The first-order chi connectivity index (χ1) is 8.79. The summed E-state index contributed by atoms with van der Waals surface area (Å²) < 4.78 is 0. The predicted molar refractivity (Wildman–Crippen MR) is 75.8 cm³/mol. The van der Waals surface area contributed by atoms with Gasteiger partial charge in [0.2, 0.25) is 0 Å². The monoisotopic (exact) mass is 255 g/mol. The number of hydrogen-bond donors (Lipinski definition) is 0. The number of hydrogen-bond acceptors (Lipinski definition) is 3. The van der Waals surface area contributed by atoms with E-state index in [1.165, 1.54) is 4.90 Å². The van der Waals surface area contributed by atoms with Gasteiger partial charge in [-0.05, 0) is 42.2 Å². The van der Waals surface area contributed by atoms with Crippen LogP contribution in [0.1, 0.15) is 15.9 Å². The maximum absolute atomic E-state index is 11.8. The number of benzene rings is 1. The molecule has 2 rings (SSSR count). The van der Waals surface area contributed by atoms with Gasteiger partial charge in [0, 0.05) is 22.9 Å². The van der Waals surface area contributed by atoms with Crippen LogP contribution in [0, 0.1) is 0 Å². The summed E-state index contributed by atoms with van der Waals surface area (Å²) in [6, 6.07) is 11.6. The molecule has 0 saturated heterocycles. The maximum Gasteiger partial charge on any atom is 0.187 e. The number of aromatic nitrogens is 1. The number of thioether (sulfide) groups is 1. The van der Waals surface area contributed by atoms with E-state index in [1.54, 1.807) is 42.4 Å². The fourth-order valence-electron chi connectivity index (χ4n) is 1.49. The molecule has 0 aliphatic rings. The molecule has 1 aromatic carbocycles. The molecule has 0 N–H and O–H groups in total. The van der Waals surface area contributed by atoms with Gasteiger partial charge in [0.1, 0.15) is 0 Å². The van der Waals surface area contributed by atoms with Crippen LogP contribution in [0.4, 0.5) is 0 Å². The molecule has 0 bridgehead atoms. The minimum atomic E-state index is -0.0305. The lowest BCUT2D eigenvalue weighted by Gasteiger charge is -1.97. The zero-order valence-corrected chi connectivity index (χ0v) is 10.9. The van der Waals surface area contributed by atoms with Gasteiger partial charge in [-0.1, -0.05) is 18.2 Å². The van der Waals surface area contributed by atoms with Gasteiger partial charge >= 0.3 is 0 Å². The van der Waals surface area contributed by atoms with Gasteiger partial charge in [-0.2, -0.15) is 0 Å². The molecule has 0 spiro atoms. The first-order valence-electron chi connectivity index (χ1n) is 5.56. The van der Waals surface area contributed by atoms with Crippen molar-refractivity contribution in [2.24, 2.45) is 0 Å². The third-order valence-corrected chi connectivity index (χ3v) is 3.23. The normalized spacial score (nSPS) is 10.7. The van der Waals surface area contributed by atoms with E-state index in [-0.39, 0.29) is 5.78 Å². The highest BCUT2D eigenvalue weighted by atomic mass is 32.2. The van der Waals surface area contributed by atoms with E-state index in [0.29, 0.717) is 5.56 Å². The number of allylic oxidation sites excluding steroid dienone is 1. The lowest BCUT2D eigenvalue weighted by Crippen LogP contribution is -1.93. The van der Waals surface area contributed by atoms with Crippen LogP contribution in [-0.4, -0.2) is 17.0 Å². The minimum Gasteiger partial charge on any atom is -0.289 e. The van der Waals surface area contributed by atoms with E-state index >= 15 is 0 Å². The molecular weight excluding hydrogens is 242 g/mol. The molecule has 0 aliphatic carbocycles. The molecule has 0 atom stereocenters. The van der Waals surface area contributed by atoms with Crippen LogP contribution in [0.3, 0.4) is 0 Å². The van der Waals surface area contributed by atoms with Crippen LogP contribution in [0.2, 0.25) is 0 Å². The van der Waals surface area contributed by atoms with Crippen LogP contribution >= 0.6 is 11.8 Å². The Bertz CT molecular complexity index is 546. The Labute approximate surface area is 111 Å². The number of nitrogens with zero attached hydrogens (tertiary/aromatic N) is 1. The Balaban J connectivity index is 2.08. The van der Waals surface area contributed by atoms with E-state index in [0.717, 1.165) is 5.56 Å². The maximum atomic E-state index is 11.8.